The molecule has 0 fully saturated rings. The zero-order chi connectivity index (χ0) is 12.3. The van der Waals surface area contributed by atoms with Crippen molar-refractivity contribution >= 4 is 6.21 Å². The first kappa shape index (κ1) is 12.1. The minimum absolute atomic E-state index is 0.638. The Labute approximate surface area is 104 Å². The molecule has 17 heavy (non-hydrogen) atoms. The Morgan fingerprint density at radius 2 is 1.88 bits per heavy atom. The van der Waals surface area contributed by atoms with Gasteiger partial charge in [-0.1, -0.05) is 50.3 Å². The summed E-state index contributed by atoms with van der Waals surface area (Å²) in [7, 11) is 0. The van der Waals surface area contributed by atoms with Crippen molar-refractivity contribution in [2.45, 2.75) is 39.8 Å². The highest BCUT2D eigenvalue weighted by molar-refractivity contribution is 5.74. The minimum Gasteiger partial charge on any atom is -0.228 e. The Morgan fingerprint density at radius 1 is 1.18 bits per heavy atom. The molecule has 1 aromatic rings. The maximum absolute atomic E-state index is 2.50. The Hall–Kier alpha value is -1.37. The normalized spacial score (nSPS) is 24.2. The van der Waals surface area contributed by atoms with Crippen LogP contribution in [0.5, 0.6) is 0 Å². The molecule has 2 rings (SSSR count). The second kappa shape index (κ2) is 5.31. The number of hydrogen-bond donors (Lipinski definition) is 0. The van der Waals surface area contributed by atoms with Crippen molar-refractivity contribution in [1.82, 2.24) is 0 Å². The third-order valence-electron chi connectivity index (χ3n) is 3.55. The maximum Gasteiger partial charge on any atom is 0.168 e. The monoisotopic (exact) mass is 228 g/mol. The maximum atomic E-state index is 2.50. The van der Waals surface area contributed by atoms with E-state index in [2.05, 4.69) is 68.0 Å². The van der Waals surface area contributed by atoms with E-state index < -0.39 is 0 Å². The Balaban J connectivity index is 2.21. The van der Waals surface area contributed by atoms with Gasteiger partial charge in [0.05, 0.1) is 0 Å². The van der Waals surface area contributed by atoms with Crippen molar-refractivity contribution in [2.75, 3.05) is 0 Å². The van der Waals surface area contributed by atoms with Crippen LogP contribution in [0.25, 0.3) is 0 Å². The number of nitrogens with zero attached hydrogens (tertiary/aromatic N) is 1. The van der Waals surface area contributed by atoms with Gasteiger partial charge in [-0.3, -0.25) is 0 Å². The number of allylic oxidation sites excluding steroid dienone is 1. The molecule has 0 unspecified atom stereocenters. The minimum atomic E-state index is 0.638. The molecule has 1 nitrogen and oxygen atoms in total. The van der Waals surface area contributed by atoms with Crippen LogP contribution in [-0.4, -0.2) is 16.8 Å². The Morgan fingerprint density at radius 3 is 2.53 bits per heavy atom. The van der Waals surface area contributed by atoms with Gasteiger partial charge in [-0.05, 0) is 6.92 Å². The van der Waals surface area contributed by atoms with Crippen LogP contribution in [0.2, 0.25) is 0 Å². The molecule has 0 aliphatic carbocycles. The van der Waals surface area contributed by atoms with E-state index in [1.165, 1.54) is 17.6 Å². The van der Waals surface area contributed by atoms with Crippen LogP contribution in [0.3, 0.4) is 0 Å². The molecule has 0 saturated heterocycles. The second-order valence-corrected chi connectivity index (χ2v) is 5.03. The first-order valence-electron chi connectivity index (χ1n) is 6.53. The average Bonchev–Trinajstić information content (AvgIpc) is 2.30. The van der Waals surface area contributed by atoms with Crippen LogP contribution in [0, 0.1) is 5.92 Å². The summed E-state index contributed by atoms with van der Waals surface area (Å²) in [6.07, 6.45) is 5.89. The fourth-order valence-electron chi connectivity index (χ4n) is 2.79. The van der Waals surface area contributed by atoms with Gasteiger partial charge in [0.2, 0.25) is 0 Å². The van der Waals surface area contributed by atoms with Crippen molar-refractivity contribution in [1.29, 1.82) is 0 Å². The smallest absolute Gasteiger partial charge is 0.168 e. The quantitative estimate of drug-likeness (QED) is 0.695. The summed E-state index contributed by atoms with van der Waals surface area (Å²) in [6, 6.07) is 11.4. The summed E-state index contributed by atoms with van der Waals surface area (Å²) < 4.78 is 2.50. The molecule has 1 heteroatoms. The van der Waals surface area contributed by atoms with E-state index in [-0.39, 0.29) is 0 Å². The summed E-state index contributed by atoms with van der Waals surface area (Å²) >= 11 is 0. The van der Waals surface area contributed by atoms with Crippen molar-refractivity contribution in [3.63, 3.8) is 0 Å². The molecule has 1 heterocycles. The molecule has 0 N–H and O–H groups in total. The van der Waals surface area contributed by atoms with E-state index >= 15 is 0 Å². The van der Waals surface area contributed by atoms with E-state index in [1.54, 1.807) is 0 Å². The molecular weight excluding hydrogens is 206 g/mol. The van der Waals surface area contributed by atoms with Crippen molar-refractivity contribution < 1.29 is 4.58 Å². The van der Waals surface area contributed by atoms with Gasteiger partial charge < -0.3 is 0 Å². The van der Waals surface area contributed by atoms with Crippen molar-refractivity contribution in [2.24, 2.45) is 5.92 Å². The lowest BCUT2D eigenvalue weighted by molar-refractivity contribution is -0.584. The van der Waals surface area contributed by atoms with Gasteiger partial charge in [-0.15, -0.1) is 0 Å². The standard InChI is InChI=1S/C16H22N/c1-4-16-14(3)10-13(2)11-17(16)12-15-8-6-5-7-9-15/h5-11,14,16H,4,12H2,1-3H3/q+1/t14-,16+/m0/s1. The summed E-state index contributed by atoms with van der Waals surface area (Å²) in [6.45, 7) is 7.82. The molecule has 90 valence electrons. The summed E-state index contributed by atoms with van der Waals surface area (Å²) in [4.78, 5) is 0. The number of rotatable bonds is 3. The Kier molecular flexibility index (Phi) is 3.78. The molecule has 2 atom stereocenters. The first-order chi connectivity index (χ1) is 8.20. The molecule has 0 spiro atoms. The van der Waals surface area contributed by atoms with E-state index in [1.807, 2.05) is 0 Å². The van der Waals surface area contributed by atoms with Crippen LogP contribution in [-0.2, 0) is 6.54 Å². The van der Waals surface area contributed by atoms with Crippen LogP contribution in [0.4, 0.5) is 0 Å². The van der Waals surface area contributed by atoms with E-state index in [0.29, 0.717) is 12.0 Å². The SMILES string of the molecule is CC[C@@H]1[C@@H](C)C=C(C)C=[N+]1Cc1ccccc1. The molecule has 0 bridgehead atoms. The van der Waals surface area contributed by atoms with Crippen LogP contribution < -0.4 is 0 Å². The van der Waals surface area contributed by atoms with Gasteiger partial charge in [0.1, 0.15) is 0 Å². The number of benzene rings is 1. The van der Waals surface area contributed by atoms with Gasteiger partial charge >= 0.3 is 0 Å². The third-order valence-corrected chi connectivity index (χ3v) is 3.55. The molecule has 0 saturated carbocycles. The van der Waals surface area contributed by atoms with E-state index in [9.17, 15) is 0 Å². The predicted octanol–water partition coefficient (Wildman–Crippen LogP) is 3.64. The lowest BCUT2D eigenvalue weighted by Gasteiger charge is -2.22. The lowest BCUT2D eigenvalue weighted by Crippen LogP contribution is -2.34. The molecule has 0 amide bonds. The van der Waals surface area contributed by atoms with Crippen LogP contribution in [0.1, 0.15) is 32.8 Å². The highest BCUT2D eigenvalue weighted by atomic mass is 15.0. The first-order valence-corrected chi connectivity index (χ1v) is 6.53. The van der Waals surface area contributed by atoms with Gasteiger partial charge in [0.25, 0.3) is 0 Å². The molecular formula is C16H22N+. The second-order valence-electron chi connectivity index (χ2n) is 5.03. The van der Waals surface area contributed by atoms with E-state index in [0.717, 1.165) is 6.54 Å². The lowest BCUT2D eigenvalue weighted by atomic mass is 9.93. The summed E-state index contributed by atoms with van der Waals surface area (Å²) in [5, 5.41) is 0. The molecule has 1 aliphatic heterocycles. The molecule has 1 aromatic carbocycles. The molecule has 0 aromatic heterocycles. The summed E-state index contributed by atoms with van der Waals surface area (Å²) in [5.41, 5.74) is 2.78. The van der Waals surface area contributed by atoms with Gasteiger partial charge in [-0.2, -0.15) is 0 Å². The van der Waals surface area contributed by atoms with Crippen molar-refractivity contribution in [3.8, 4) is 0 Å². The third kappa shape index (κ3) is 2.85. The Bertz CT molecular complexity index is 428. The fourth-order valence-corrected chi connectivity index (χ4v) is 2.79. The molecule has 0 radical (unpaired) electrons. The van der Waals surface area contributed by atoms with Crippen LogP contribution in [0.15, 0.2) is 42.0 Å². The fraction of sp³-hybridized carbons (Fsp3) is 0.438. The van der Waals surface area contributed by atoms with Gasteiger partial charge in [-0.25, -0.2) is 4.58 Å². The van der Waals surface area contributed by atoms with Gasteiger partial charge in [0, 0.05) is 23.5 Å². The average molecular weight is 228 g/mol. The van der Waals surface area contributed by atoms with Gasteiger partial charge in [0.15, 0.2) is 18.8 Å². The number of hydrogen-bond acceptors (Lipinski definition) is 0. The topological polar surface area (TPSA) is 3.01 Å². The predicted molar refractivity (Wildman–Crippen MR) is 73.5 cm³/mol. The van der Waals surface area contributed by atoms with E-state index in [4.69, 9.17) is 0 Å². The zero-order valence-electron chi connectivity index (χ0n) is 11.1. The zero-order valence-corrected chi connectivity index (χ0v) is 11.1. The summed E-state index contributed by atoms with van der Waals surface area (Å²) in [5.74, 6) is 0.647. The highest BCUT2D eigenvalue weighted by Crippen LogP contribution is 2.20. The largest absolute Gasteiger partial charge is 0.228 e. The van der Waals surface area contributed by atoms with Crippen molar-refractivity contribution in [3.05, 3.63) is 47.5 Å². The highest BCUT2D eigenvalue weighted by Gasteiger charge is 2.27. The molecule has 1 aliphatic rings. The van der Waals surface area contributed by atoms with Crippen LogP contribution >= 0.6 is 0 Å².